The zero-order chi connectivity index (χ0) is 21.7. The molecule has 30 heavy (non-hydrogen) atoms. The molecule has 0 atom stereocenters. The van der Waals surface area contributed by atoms with E-state index in [1.165, 1.54) is 13.2 Å². The van der Waals surface area contributed by atoms with Gasteiger partial charge in [-0.3, -0.25) is 0 Å². The Hall–Kier alpha value is -2.27. The summed E-state index contributed by atoms with van der Waals surface area (Å²) in [6, 6.07) is 17.0. The van der Waals surface area contributed by atoms with Gasteiger partial charge in [-0.2, -0.15) is 5.26 Å². The van der Waals surface area contributed by atoms with Crippen molar-refractivity contribution in [1.82, 2.24) is 0 Å². The number of nitriles is 1. The fourth-order valence-electron chi connectivity index (χ4n) is 2.77. The number of hydrogen-bond acceptors (Lipinski definition) is 3. The largest absolute Gasteiger partial charge is 0.493 e. The molecule has 0 saturated carbocycles. The average Bonchev–Trinajstić information content (AvgIpc) is 2.72. The highest BCUT2D eigenvalue weighted by Crippen LogP contribution is 2.36. The molecule has 152 valence electrons. The number of allylic oxidation sites excluding steroid dienone is 1. The number of hydrogen-bond donors (Lipinski definition) is 0. The second kappa shape index (κ2) is 10.2. The lowest BCUT2D eigenvalue weighted by Crippen LogP contribution is -2.01. The molecule has 3 rings (SSSR count). The summed E-state index contributed by atoms with van der Waals surface area (Å²) in [5.41, 5.74) is 1.93. The summed E-state index contributed by atoms with van der Waals surface area (Å²) in [5, 5.41) is 10.6. The van der Waals surface area contributed by atoms with Crippen molar-refractivity contribution >= 4 is 57.4 Å². The van der Waals surface area contributed by atoms with Gasteiger partial charge < -0.3 is 9.47 Å². The predicted octanol–water partition coefficient (Wildman–Crippen LogP) is 7.39. The van der Waals surface area contributed by atoms with Gasteiger partial charge in [0.15, 0.2) is 11.5 Å². The first-order valence-electron chi connectivity index (χ1n) is 8.74. The van der Waals surface area contributed by atoms with Gasteiger partial charge in [-0.05, 0) is 64.6 Å². The molecular weight excluding hydrogens is 539 g/mol. The van der Waals surface area contributed by atoms with Gasteiger partial charge >= 0.3 is 0 Å². The molecule has 0 aromatic heterocycles. The number of methoxy groups -OCH3 is 1. The van der Waals surface area contributed by atoms with E-state index in [4.69, 9.17) is 32.7 Å². The highest BCUT2D eigenvalue weighted by Gasteiger charge is 2.14. The lowest BCUT2D eigenvalue weighted by Gasteiger charge is -2.14. The van der Waals surface area contributed by atoms with Crippen LogP contribution in [0.25, 0.3) is 11.6 Å². The molecule has 0 unspecified atom stereocenters. The molecule has 0 fully saturated rings. The molecule has 3 nitrogen and oxygen atoms in total. The Morgan fingerprint density at radius 3 is 2.60 bits per heavy atom. The Balaban J connectivity index is 1.92. The van der Waals surface area contributed by atoms with Crippen molar-refractivity contribution in [2.75, 3.05) is 7.11 Å². The van der Waals surface area contributed by atoms with Gasteiger partial charge in [0.2, 0.25) is 0 Å². The molecule has 0 bridgehead atoms. The lowest BCUT2D eigenvalue weighted by atomic mass is 10.0. The summed E-state index contributed by atoms with van der Waals surface area (Å²) in [7, 11) is 1.53. The SMILES string of the molecule is COc1cc(/C=C(/C#N)c2ccccc2F)cc(I)c1OCc1ccc(Cl)cc1Cl. The fourth-order valence-corrected chi connectivity index (χ4v) is 4.01. The van der Waals surface area contributed by atoms with Crippen molar-refractivity contribution in [2.24, 2.45) is 0 Å². The maximum atomic E-state index is 14.1. The van der Waals surface area contributed by atoms with Crippen LogP contribution in [0.5, 0.6) is 11.5 Å². The zero-order valence-electron chi connectivity index (χ0n) is 15.8. The van der Waals surface area contributed by atoms with Crippen LogP contribution in [0, 0.1) is 20.7 Å². The average molecular weight is 554 g/mol. The number of rotatable bonds is 6. The Morgan fingerprint density at radius 2 is 1.93 bits per heavy atom. The van der Waals surface area contributed by atoms with E-state index in [0.29, 0.717) is 27.1 Å². The lowest BCUT2D eigenvalue weighted by molar-refractivity contribution is 0.282. The van der Waals surface area contributed by atoms with Gasteiger partial charge in [0.05, 0.1) is 22.3 Å². The Labute approximate surface area is 197 Å². The minimum absolute atomic E-state index is 0.215. The van der Waals surface area contributed by atoms with Crippen LogP contribution in [0.3, 0.4) is 0 Å². The van der Waals surface area contributed by atoms with E-state index < -0.39 is 5.82 Å². The molecule has 0 spiro atoms. The van der Waals surface area contributed by atoms with Gasteiger partial charge in [-0.25, -0.2) is 4.39 Å². The van der Waals surface area contributed by atoms with Gasteiger partial charge in [0.1, 0.15) is 12.4 Å². The molecule has 0 amide bonds. The van der Waals surface area contributed by atoms with Crippen LogP contribution in [0.15, 0.2) is 54.6 Å². The Bertz CT molecular complexity index is 1160. The first kappa shape index (κ1) is 22.4. The Kier molecular flexibility index (Phi) is 7.59. The molecule has 0 aliphatic rings. The minimum Gasteiger partial charge on any atom is -0.493 e. The van der Waals surface area contributed by atoms with Crippen LogP contribution in [0.4, 0.5) is 4.39 Å². The third-order valence-electron chi connectivity index (χ3n) is 4.23. The van der Waals surface area contributed by atoms with E-state index in [2.05, 4.69) is 28.7 Å². The molecular formula is C23H15Cl2FINO2. The van der Waals surface area contributed by atoms with Crippen LogP contribution < -0.4 is 9.47 Å². The quantitative estimate of drug-likeness (QED) is 0.181. The zero-order valence-corrected chi connectivity index (χ0v) is 19.4. The Morgan fingerprint density at radius 1 is 1.17 bits per heavy atom. The summed E-state index contributed by atoms with van der Waals surface area (Å²) in [6.07, 6.45) is 1.61. The first-order valence-corrected chi connectivity index (χ1v) is 10.6. The van der Waals surface area contributed by atoms with Gasteiger partial charge in [0.25, 0.3) is 0 Å². The maximum Gasteiger partial charge on any atom is 0.174 e. The molecule has 3 aromatic rings. The molecule has 0 saturated heterocycles. The molecule has 0 heterocycles. The van der Waals surface area contributed by atoms with Crippen LogP contribution in [0.2, 0.25) is 10.0 Å². The van der Waals surface area contributed by atoms with Crippen LogP contribution in [-0.2, 0) is 6.61 Å². The summed E-state index contributed by atoms with van der Waals surface area (Å²) >= 11 is 14.3. The summed E-state index contributed by atoms with van der Waals surface area (Å²) in [6.45, 7) is 0.232. The van der Waals surface area contributed by atoms with Crippen LogP contribution in [0.1, 0.15) is 16.7 Å². The third kappa shape index (κ3) is 5.25. The maximum absolute atomic E-state index is 14.1. The standard InChI is InChI=1S/C23H15Cl2FINO2/c1-29-22-10-14(8-16(12-28)18-4-2-3-5-20(18)26)9-21(27)23(22)30-13-15-6-7-17(24)11-19(15)25/h2-11H,13H2,1H3/b16-8-. The fraction of sp³-hybridized carbons (Fsp3) is 0.0870. The molecule has 0 aliphatic carbocycles. The summed E-state index contributed by atoms with van der Waals surface area (Å²) in [4.78, 5) is 0. The third-order valence-corrected chi connectivity index (χ3v) is 5.62. The normalized spacial score (nSPS) is 11.1. The van der Waals surface area contributed by atoms with E-state index in [9.17, 15) is 9.65 Å². The van der Waals surface area contributed by atoms with Crippen molar-refractivity contribution in [3.8, 4) is 17.6 Å². The number of halogens is 4. The van der Waals surface area contributed by atoms with Crippen molar-refractivity contribution in [2.45, 2.75) is 6.61 Å². The van der Waals surface area contributed by atoms with Gasteiger partial charge in [-0.15, -0.1) is 0 Å². The van der Waals surface area contributed by atoms with E-state index in [1.807, 2.05) is 6.07 Å². The van der Waals surface area contributed by atoms with E-state index in [1.54, 1.807) is 48.5 Å². The summed E-state index contributed by atoms with van der Waals surface area (Å²) < 4.78 is 26.3. The van der Waals surface area contributed by atoms with Crippen molar-refractivity contribution in [3.63, 3.8) is 0 Å². The molecule has 7 heteroatoms. The minimum atomic E-state index is -0.452. The van der Waals surface area contributed by atoms with Crippen molar-refractivity contribution in [3.05, 3.63) is 90.7 Å². The highest BCUT2D eigenvalue weighted by molar-refractivity contribution is 14.1. The van der Waals surface area contributed by atoms with Crippen molar-refractivity contribution in [1.29, 1.82) is 5.26 Å². The topological polar surface area (TPSA) is 42.2 Å². The van der Waals surface area contributed by atoms with Gasteiger partial charge in [0, 0.05) is 21.2 Å². The van der Waals surface area contributed by atoms with Gasteiger partial charge in [-0.1, -0.05) is 47.5 Å². The second-order valence-electron chi connectivity index (χ2n) is 6.21. The highest BCUT2D eigenvalue weighted by atomic mass is 127. The number of benzene rings is 3. The first-order chi connectivity index (χ1) is 14.4. The van der Waals surface area contributed by atoms with E-state index in [-0.39, 0.29) is 17.7 Å². The number of ether oxygens (including phenoxy) is 2. The van der Waals surface area contributed by atoms with E-state index in [0.717, 1.165) is 9.13 Å². The predicted molar refractivity (Wildman–Crippen MR) is 126 cm³/mol. The summed E-state index contributed by atoms with van der Waals surface area (Å²) in [5.74, 6) is 0.585. The molecule has 3 aromatic carbocycles. The van der Waals surface area contributed by atoms with Crippen LogP contribution >= 0.6 is 45.8 Å². The molecule has 0 radical (unpaired) electrons. The van der Waals surface area contributed by atoms with Crippen molar-refractivity contribution < 1.29 is 13.9 Å². The smallest absolute Gasteiger partial charge is 0.174 e. The molecule has 0 N–H and O–H groups in total. The van der Waals surface area contributed by atoms with Crippen LogP contribution in [-0.4, -0.2) is 7.11 Å². The van der Waals surface area contributed by atoms with E-state index >= 15 is 0 Å². The monoisotopic (exact) mass is 553 g/mol. The second-order valence-corrected chi connectivity index (χ2v) is 8.21. The number of nitrogens with zero attached hydrogens (tertiary/aromatic N) is 1. The molecule has 0 aliphatic heterocycles.